The number of benzene rings is 1. The normalized spacial score (nSPS) is 12.4. The summed E-state index contributed by atoms with van der Waals surface area (Å²) in [5.74, 6) is 1.42. The fourth-order valence-electron chi connectivity index (χ4n) is 1.90. The van der Waals surface area contributed by atoms with Crippen LogP contribution in [0.2, 0.25) is 0 Å². The molecule has 0 radical (unpaired) electrons. The van der Waals surface area contributed by atoms with E-state index < -0.39 is 0 Å². The Balaban J connectivity index is 1.99. The van der Waals surface area contributed by atoms with Crippen LogP contribution in [0.15, 0.2) is 28.8 Å². The van der Waals surface area contributed by atoms with E-state index in [1.54, 1.807) is 18.3 Å². The van der Waals surface area contributed by atoms with Crippen LogP contribution in [0, 0.1) is 5.82 Å². The molecule has 1 atom stereocenters. The molecule has 0 saturated carbocycles. The number of nitrogens with zero attached hydrogens (tertiary/aromatic N) is 1. The second-order valence-corrected chi connectivity index (χ2v) is 4.57. The maximum Gasteiger partial charge on any atom is 0.208 e. The van der Waals surface area contributed by atoms with Crippen molar-refractivity contribution in [2.75, 3.05) is 7.11 Å². The molecule has 1 heterocycles. The predicted molar refractivity (Wildman–Crippen MR) is 74.1 cm³/mol. The second kappa shape index (κ2) is 6.52. The van der Waals surface area contributed by atoms with Crippen LogP contribution in [0.3, 0.4) is 0 Å². The van der Waals surface area contributed by atoms with Crippen LogP contribution in [0.4, 0.5) is 4.39 Å². The summed E-state index contributed by atoms with van der Waals surface area (Å²) < 4.78 is 23.9. The van der Waals surface area contributed by atoms with Crippen molar-refractivity contribution in [2.24, 2.45) is 0 Å². The van der Waals surface area contributed by atoms with E-state index in [-0.39, 0.29) is 17.6 Å². The maximum absolute atomic E-state index is 13.4. The van der Waals surface area contributed by atoms with Gasteiger partial charge in [-0.2, -0.15) is 0 Å². The molecule has 20 heavy (non-hydrogen) atoms. The summed E-state index contributed by atoms with van der Waals surface area (Å²) in [7, 11) is 1.46. The number of hydrogen-bond donors (Lipinski definition) is 1. The molecule has 1 aromatic heterocycles. The lowest BCUT2D eigenvalue weighted by Gasteiger charge is -2.14. The van der Waals surface area contributed by atoms with Gasteiger partial charge in [-0.05, 0) is 24.6 Å². The molecule has 5 heteroatoms. The van der Waals surface area contributed by atoms with E-state index >= 15 is 0 Å². The summed E-state index contributed by atoms with van der Waals surface area (Å²) in [4.78, 5) is 4.19. The van der Waals surface area contributed by atoms with Crippen molar-refractivity contribution in [3.05, 3.63) is 47.4 Å². The van der Waals surface area contributed by atoms with Crippen molar-refractivity contribution in [2.45, 2.75) is 32.9 Å². The van der Waals surface area contributed by atoms with E-state index in [2.05, 4.69) is 10.3 Å². The molecule has 1 N–H and O–H groups in total. The number of aryl methyl sites for hydroxylation is 1. The molecular weight excluding hydrogens is 259 g/mol. The Morgan fingerprint density at radius 1 is 1.45 bits per heavy atom. The lowest BCUT2D eigenvalue weighted by molar-refractivity contribution is 0.384. The van der Waals surface area contributed by atoms with Gasteiger partial charge in [-0.25, -0.2) is 9.37 Å². The quantitative estimate of drug-likeness (QED) is 0.881. The average molecular weight is 278 g/mol. The molecule has 2 aromatic rings. The first-order valence-electron chi connectivity index (χ1n) is 6.64. The van der Waals surface area contributed by atoms with Gasteiger partial charge in [0.25, 0.3) is 0 Å². The molecule has 2 rings (SSSR count). The van der Waals surface area contributed by atoms with Crippen molar-refractivity contribution in [3.8, 4) is 5.75 Å². The van der Waals surface area contributed by atoms with Gasteiger partial charge in [-0.15, -0.1) is 0 Å². The second-order valence-electron chi connectivity index (χ2n) is 4.57. The SMILES string of the molecule is CCc1cnc(CNC(C)c2ccc(F)c(OC)c2)o1. The fourth-order valence-corrected chi connectivity index (χ4v) is 1.90. The predicted octanol–water partition coefficient (Wildman–Crippen LogP) is 3.24. The molecule has 0 fully saturated rings. The van der Waals surface area contributed by atoms with Gasteiger partial charge in [0, 0.05) is 12.5 Å². The summed E-state index contributed by atoms with van der Waals surface area (Å²) in [5, 5.41) is 3.29. The van der Waals surface area contributed by atoms with E-state index in [9.17, 15) is 4.39 Å². The monoisotopic (exact) mass is 278 g/mol. The standard InChI is InChI=1S/C15H19FN2O2/c1-4-12-8-18-15(20-12)9-17-10(2)11-5-6-13(16)14(7-11)19-3/h5-8,10,17H,4,9H2,1-3H3. The van der Waals surface area contributed by atoms with Crippen LogP contribution in [0.1, 0.15) is 37.1 Å². The average Bonchev–Trinajstić information content (AvgIpc) is 2.93. The topological polar surface area (TPSA) is 47.3 Å². The number of halogens is 1. The smallest absolute Gasteiger partial charge is 0.208 e. The first kappa shape index (κ1) is 14.5. The van der Waals surface area contributed by atoms with Crippen LogP contribution < -0.4 is 10.1 Å². The van der Waals surface area contributed by atoms with Crippen molar-refractivity contribution in [1.82, 2.24) is 10.3 Å². The molecule has 4 nitrogen and oxygen atoms in total. The number of aromatic nitrogens is 1. The molecule has 0 bridgehead atoms. The van der Waals surface area contributed by atoms with Gasteiger partial charge in [-0.1, -0.05) is 13.0 Å². The molecule has 0 aliphatic heterocycles. The molecule has 1 aromatic carbocycles. The zero-order valence-corrected chi connectivity index (χ0v) is 11.9. The van der Waals surface area contributed by atoms with E-state index in [0.29, 0.717) is 12.4 Å². The third-order valence-electron chi connectivity index (χ3n) is 3.18. The van der Waals surface area contributed by atoms with Gasteiger partial charge in [0.05, 0.1) is 19.9 Å². The zero-order valence-electron chi connectivity index (χ0n) is 11.9. The first-order valence-corrected chi connectivity index (χ1v) is 6.64. The fraction of sp³-hybridized carbons (Fsp3) is 0.400. The van der Waals surface area contributed by atoms with Crippen LogP contribution in [0.25, 0.3) is 0 Å². The Hall–Kier alpha value is -1.88. The van der Waals surface area contributed by atoms with E-state index in [0.717, 1.165) is 17.7 Å². The highest BCUT2D eigenvalue weighted by Crippen LogP contribution is 2.22. The Morgan fingerprint density at radius 2 is 2.25 bits per heavy atom. The lowest BCUT2D eigenvalue weighted by atomic mass is 10.1. The Bertz CT molecular complexity index is 569. The molecule has 0 spiro atoms. The highest BCUT2D eigenvalue weighted by Gasteiger charge is 2.10. The number of hydrogen-bond acceptors (Lipinski definition) is 4. The Kier molecular flexibility index (Phi) is 4.74. The van der Waals surface area contributed by atoms with E-state index in [1.165, 1.54) is 13.2 Å². The van der Waals surface area contributed by atoms with Gasteiger partial charge in [0.2, 0.25) is 5.89 Å². The molecular formula is C15H19FN2O2. The summed E-state index contributed by atoms with van der Waals surface area (Å²) in [6, 6.07) is 4.89. The minimum absolute atomic E-state index is 0.0430. The summed E-state index contributed by atoms with van der Waals surface area (Å²) >= 11 is 0. The highest BCUT2D eigenvalue weighted by molar-refractivity contribution is 5.31. The van der Waals surface area contributed by atoms with E-state index in [1.807, 2.05) is 13.8 Å². The minimum Gasteiger partial charge on any atom is -0.494 e. The molecule has 0 aliphatic rings. The van der Waals surface area contributed by atoms with Gasteiger partial charge < -0.3 is 14.5 Å². The minimum atomic E-state index is -0.358. The van der Waals surface area contributed by atoms with Crippen LogP contribution in [0.5, 0.6) is 5.75 Å². The first-order chi connectivity index (χ1) is 9.63. The molecule has 1 unspecified atom stereocenters. The third-order valence-corrected chi connectivity index (χ3v) is 3.18. The number of ether oxygens (including phenoxy) is 1. The zero-order chi connectivity index (χ0) is 14.5. The summed E-state index contributed by atoms with van der Waals surface area (Å²) in [6.45, 7) is 4.54. The lowest BCUT2D eigenvalue weighted by Crippen LogP contribution is -2.18. The number of methoxy groups -OCH3 is 1. The maximum atomic E-state index is 13.4. The van der Waals surface area contributed by atoms with Crippen LogP contribution >= 0.6 is 0 Å². The Morgan fingerprint density at radius 3 is 2.90 bits per heavy atom. The van der Waals surface area contributed by atoms with Crippen molar-refractivity contribution in [3.63, 3.8) is 0 Å². The van der Waals surface area contributed by atoms with Gasteiger partial charge in [-0.3, -0.25) is 0 Å². The molecule has 0 amide bonds. The van der Waals surface area contributed by atoms with Crippen molar-refractivity contribution < 1.29 is 13.5 Å². The van der Waals surface area contributed by atoms with Gasteiger partial charge >= 0.3 is 0 Å². The largest absolute Gasteiger partial charge is 0.494 e. The molecule has 0 aliphatic carbocycles. The molecule has 0 saturated heterocycles. The van der Waals surface area contributed by atoms with Crippen molar-refractivity contribution in [1.29, 1.82) is 0 Å². The summed E-state index contributed by atoms with van der Waals surface area (Å²) in [6.07, 6.45) is 2.57. The van der Waals surface area contributed by atoms with Crippen molar-refractivity contribution >= 4 is 0 Å². The van der Waals surface area contributed by atoms with Crippen LogP contribution in [-0.4, -0.2) is 12.1 Å². The number of rotatable bonds is 6. The van der Waals surface area contributed by atoms with Gasteiger partial charge in [0.1, 0.15) is 5.76 Å². The number of nitrogens with one attached hydrogen (secondary N) is 1. The Labute approximate surface area is 118 Å². The highest BCUT2D eigenvalue weighted by atomic mass is 19.1. The summed E-state index contributed by atoms with van der Waals surface area (Å²) in [5.41, 5.74) is 0.950. The van der Waals surface area contributed by atoms with E-state index in [4.69, 9.17) is 9.15 Å². The van der Waals surface area contributed by atoms with Gasteiger partial charge in [0.15, 0.2) is 11.6 Å². The number of oxazole rings is 1. The third kappa shape index (κ3) is 3.36. The van der Waals surface area contributed by atoms with Crippen LogP contribution in [-0.2, 0) is 13.0 Å². The molecule has 108 valence electrons.